The van der Waals surface area contributed by atoms with E-state index in [4.69, 9.17) is 37.4 Å². The molecule has 0 bridgehead atoms. The maximum atomic E-state index is 13.9. The van der Waals surface area contributed by atoms with Crippen LogP contribution in [0.5, 0.6) is 17.2 Å². The van der Waals surface area contributed by atoms with Gasteiger partial charge in [-0.3, -0.25) is 9.59 Å². The van der Waals surface area contributed by atoms with Gasteiger partial charge in [-0.05, 0) is 36.1 Å². The number of hydrogen-bond donors (Lipinski definition) is 1. The van der Waals surface area contributed by atoms with Crippen molar-refractivity contribution in [3.63, 3.8) is 0 Å². The molecule has 0 spiro atoms. The van der Waals surface area contributed by atoms with Gasteiger partial charge < -0.3 is 24.4 Å². The third kappa shape index (κ3) is 8.78. The molecule has 0 unspecified atom stereocenters. The van der Waals surface area contributed by atoms with Crippen molar-refractivity contribution in [1.29, 1.82) is 0 Å². The number of benzene rings is 3. The van der Waals surface area contributed by atoms with Crippen LogP contribution in [-0.4, -0.2) is 49.6 Å². The summed E-state index contributed by atoms with van der Waals surface area (Å²) in [6.07, 6.45) is 5.53. The standard InChI is InChI=1S/C32H36Cl2N2O5/c1-39-26-17-27(40-2)19-28(18-26)41-21-31(37)36(20-23-13-14-24(33)16-29(23)34)30(15-22-9-5-3-6-10-22)32(38)35-25-11-7-4-8-12-25/h3,5-6,9-10,13-14,16-19,25,30H,4,7-8,11-12,15,20-21H2,1-2H3,(H,35,38)/t30-/m1/s1. The van der Waals surface area contributed by atoms with E-state index in [-0.39, 0.29) is 31.0 Å². The number of nitrogens with zero attached hydrogens (tertiary/aromatic N) is 1. The van der Waals surface area contributed by atoms with Crippen LogP contribution in [-0.2, 0) is 22.6 Å². The summed E-state index contributed by atoms with van der Waals surface area (Å²) >= 11 is 12.7. The van der Waals surface area contributed by atoms with E-state index in [1.54, 1.807) is 55.5 Å². The minimum absolute atomic E-state index is 0.0890. The van der Waals surface area contributed by atoms with E-state index in [1.165, 1.54) is 6.42 Å². The Morgan fingerprint density at radius 2 is 1.56 bits per heavy atom. The molecular weight excluding hydrogens is 563 g/mol. The van der Waals surface area contributed by atoms with E-state index in [0.717, 1.165) is 31.2 Å². The molecule has 1 aliphatic rings. The summed E-state index contributed by atoms with van der Waals surface area (Å²) in [6.45, 7) is -0.196. The quantitative estimate of drug-likeness (QED) is 0.258. The Morgan fingerprint density at radius 1 is 0.902 bits per heavy atom. The van der Waals surface area contributed by atoms with E-state index in [1.807, 2.05) is 30.3 Å². The first-order valence-electron chi connectivity index (χ1n) is 13.8. The number of amides is 2. The molecule has 4 rings (SSSR count). The minimum atomic E-state index is -0.790. The molecule has 1 fully saturated rings. The van der Waals surface area contributed by atoms with Crippen molar-refractivity contribution in [2.45, 2.75) is 57.2 Å². The molecule has 0 radical (unpaired) electrons. The van der Waals surface area contributed by atoms with Gasteiger partial charge >= 0.3 is 0 Å². The molecular formula is C32H36Cl2N2O5. The molecule has 2 amide bonds. The van der Waals surface area contributed by atoms with E-state index in [2.05, 4.69) is 5.32 Å². The molecule has 1 aliphatic carbocycles. The fraction of sp³-hybridized carbons (Fsp3) is 0.375. The lowest BCUT2D eigenvalue weighted by atomic mass is 9.94. The van der Waals surface area contributed by atoms with Crippen LogP contribution in [0.4, 0.5) is 0 Å². The van der Waals surface area contributed by atoms with Crippen molar-refractivity contribution < 1.29 is 23.8 Å². The average molecular weight is 600 g/mol. The first-order chi connectivity index (χ1) is 19.9. The second-order valence-corrected chi connectivity index (χ2v) is 11.0. The third-order valence-corrected chi connectivity index (χ3v) is 7.85. The highest BCUT2D eigenvalue weighted by Crippen LogP contribution is 2.28. The fourth-order valence-corrected chi connectivity index (χ4v) is 5.49. The van der Waals surface area contributed by atoms with Crippen LogP contribution in [0.1, 0.15) is 43.2 Å². The molecule has 1 atom stereocenters. The Bertz CT molecular complexity index is 1290. The summed E-state index contributed by atoms with van der Waals surface area (Å²) in [5.74, 6) is 0.917. The Kier molecular flexibility index (Phi) is 11.2. The lowest BCUT2D eigenvalue weighted by Crippen LogP contribution is -2.53. The van der Waals surface area contributed by atoms with Crippen molar-refractivity contribution >= 4 is 35.0 Å². The molecule has 3 aromatic rings. The topological polar surface area (TPSA) is 77.1 Å². The monoisotopic (exact) mass is 598 g/mol. The van der Waals surface area contributed by atoms with Gasteiger partial charge in [0.2, 0.25) is 5.91 Å². The van der Waals surface area contributed by atoms with E-state index >= 15 is 0 Å². The maximum Gasteiger partial charge on any atom is 0.261 e. The molecule has 3 aromatic carbocycles. The van der Waals surface area contributed by atoms with Crippen LogP contribution < -0.4 is 19.5 Å². The minimum Gasteiger partial charge on any atom is -0.496 e. The van der Waals surface area contributed by atoms with Gasteiger partial charge in [-0.2, -0.15) is 0 Å². The first-order valence-corrected chi connectivity index (χ1v) is 14.6. The van der Waals surface area contributed by atoms with Crippen LogP contribution in [0.15, 0.2) is 66.7 Å². The Hall–Kier alpha value is -3.42. The highest BCUT2D eigenvalue weighted by Gasteiger charge is 2.32. The van der Waals surface area contributed by atoms with Crippen LogP contribution in [0.25, 0.3) is 0 Å². The molecule has 0 aromatic heterocycles. The number of ether oxygens (including phenoxy) is 3. The lowest BCUT2D eigenvalue weighted by molar-refractivity contribution is -0.143. The Labute approximate surface area is 251 Å². The van der Waals surface area contributed by atoms with Gasteiger partial charge in [-0.1, -0.05) is 78.9 Å². The van der Waals surface area contributed by atoms with Gasteiger partial charge in [0.05, 0.1) is 14.2 Å². The van der Waals surface area contributed by atoms with Crippen molar-refractivity contribution in [3.05, 3.63) is 87.9 Å². The third-order valence-electron chi connectivity index (χ3n) is 7.27. The number of methoxy groups -OCH3 is 2. The largest absolute Gasteiger partial charge is 0.496 e. The number of carbonyl (C=O) groups excluding carboxylic acids is 2. The zero-order valence-corrected chi connectivity index (χ0v) is 24.9. The summed E-state index contributed by atoms with van der Waals surface area (Å²) in [4.78, 5) is 29.4. The summed E-state index contributed by atoms with van der Waals surface area (Å²) < 4.78 is 16.6. The van der Waals surface area contributed by atoms with Crippen molar-refractivity contribution in [2.24, 2.45) is 0 Å². The van der Waals surface area contributed by atoms with Gasteiger partial charge in [0.1, 0.15) is 23.3 Å². The number of carbonyl (C=O) groups is 2. The Morgan fingerprint density at radius 3 is 2.20 bits per heavy atom. The summed E-state index contributed by atoms with van der Waals surface area (Å²) in [7, 11) is 3.08. The number of halogens is 2. The van der Waals surface area contributed by atoms with Crippen molar-refractivity contribution in [3.8, 4) is 17.2 Å². The normalized spacial score (nSPS) is 14.1. The molecule has 0 saturated heterocycles. The molecule has 218 valence electrons. The highest BCUT2D eigenvalue weighted by molar-refractivity contribution is 6.35. The highest BCUT2D eigenvalue weighted by atomic mass is 35.5. The molecule has 0 aliphatic heterocycles. The molecule has 7 nitrogen and oxygen atoms in total. The lowest BCUT2D eigenvalue weighted by Gasteiger charge is -2.33. The molecule has 1 saturated carbocycles. The van der Waals surface area contributed by atoms with Crippen LogP contribution >= 0.6 is 23.2 Å². The summed E-state index contributed by atoms with van der Waals surface area (Å²) in [5.41, 5.74) is 1.62. The maximum absolute atomic E-state index is 13.9. The predicted molar refractivity (Wildman–Crippen MR) is 161 cm³/mol. The molecule has 1 N–H and O–H groups in total. The summed E-state index contributed by atoms with van der Waals surface area (Å²) in [5, 5.41) is 4.13. The van der Waals surface area contributed by atoms with Gasteiger partial charge in [-0.15, -0.1) is 0 Å². The van der Waals surface area contributed by atoms with E-state index in [9.17, 15) is 9.59 Å². The average Bonchev–Trinajstić information content (AvgIpc) is 2.99. The second-order valence-electron chi connectivity index (χ2n) is 10.1. The van der Waals surface area contributed by atoms with Crippen LogP contribution in [0.2, 0.25) is 10.0 Å². The van der Waals surface area contributed by atoms with E-state index in [0.29, 0.717) is 39.3 Å². The molecule has 0 heterocycles. The zero-order valence-electron chi connectivity index (χ0n) is 23.4. The van der Waals surface area contributed by atoms with Crippen LogP contribution in [0.3, 0.4) is 0 Å². The van der Waals surface area contributed by atoms with Gasteiger partial charge in [0, 0.05) is 47.3 Å². The number of hydrogen-bond acceptors (Lipinski definition) is 5. The van der Waals surface area contributed by atoms with Gasteiger partial charge in [0.25, 0.3) is 5.91 Å². The van der Waals surface area contributed by atoms with Crippen molar-refractivity contribution in [2.75, 3.05) is 20.8 Å². The second kappa shape index (κ2) is 15.0. The number of rotatable bonds is 12. The fourth-order valence-electron chi connectivity index (χ4n) is 5.02. The predicted octanol–water partition coefficient (Wildman–Crippen LogP) is 6.48. The van der Waals surface area contributed by atoms with Crippen LogP contribution in [0, 0.1) is 0 Å². The van der Waals surface area contributed by atoms with Crippen molar-refractivity contribution in [1.82, 2.24) is 10.2 Å². The Balaban J connectivity index is 1.64. The smallest absolute Gasteiger partial charge is 0.261 e. The van der Waals surface area contributed by atoms with Gasteiger partial charge in [-0.25, -0.2) is 0 Å². The van der Waals surface area contributed by atoms with Gasteiger partial charge in [0.15, 0.2) is 6.61 Å². The molecule has 9 heteroatoms. The SMILES string of the molecule is COc1cc(OC)cc(OCC(=O)N(Cc2ccc(Cl)cc2Cl)[C@H](Cc2ccccc2)C(=O)NC2CCCCC2)c1. The number of nitrogens with one attached hydrogen (secondary N) is 1. The zero-order chi connectivity index (χ0) is 29.2. The van der Waals surface area contributed by atoms with E-state index < -0.39 is 6.04 Å². The summed E-state index contributed by atoms with van der Waals surface area (Å²) in [6, 6.07) is 19.2. The first kappa shape index (κ1) is 30.5. The molecule has 41 heavy (non-hydrogen) atoms.